The molecule has 1 rings (SSSR count). The molecule has 1 aliphatic heterocycles. The summed E-state index contributed by atoms with van der Waals surface area (Å²) in [5.74, 6) is -1.88. The quantitative estimate of drug-likeness (QED) is 0.121. The summed E-state index contributed by atoms with van der Waals surface area (Å²) < 4.78 is 28.2. The smallest absolute Gasteiger partial charge is 0.326 e. The maximum atomic E-state index is 13.9. The Labute approximate surface area is 331 Å². The number of nitrogens with zero attached hydrogens (tertiary/aromatic N) is 5. The van der Waals surface area contributed by atoms with Gasteiger partial charge < -0.3 is 28.6 Å². The Bertz CT molecular complexity index is 1210. The van der Waals surface area contributed by atoms with Gasteiger partial charge in [0.05, 0.1) is 32.8 Å². The van der Waals surface area contributed by atoms with Crippen LogP contribution in [0.1, 0.15) is 103 Å². The first-order chi connectivity index (χ1) is 25.3. The summed E-state index contributed by atoms with van der Waals surface area (Å²) in [4.78, 5) is 75.4. The zero-order chi connectivity index (χ0) is 42.0. The van der Waals surface area contributed by atoms with Crippen LogP contribution in [-0.4, -0.2) is 182 Å². The lowest BCUT2D eigenvalue weighted by molar-refractivity contribution is -0.159. The summed E-state index contributed by atoms with van der Waals surface area (Å²) in [5, 5.41) is 0. The van der Waals surface area contributed by atoms with Crippen LogP contribution in [-0.2, 0) is 47.7 Å². The third-order valence-corrected chi connectivity index (χ3v) is 8.23. The molecule has 1 saturated heterocycles. The summed E-state index contributed by atoms with van der Waals surface area (Å²) in [6.07, 6.45) is 1.59. The molecule has 0 N–H and O–H groups in total. The van der Waals surface area contributed by atoms with Crippen molar-refractivity contribution in [3.63, 3.8) is 0 Å². The van der Waals surface area contributed by atoms with Crippen molar-refractivity contribution in [2.45, 2.75) is 125 Å². The van der Waals surface area contributed by atoms with Gasteiger partial charge in [-0.15, -0.1) is 0 Å². The first-order valence-corrected chi connectivity index (χ1v) is 19.9. The van der Waals surface area contributed by atoms with Gasteiger partial charge in [0.2, 0.25) is 5.91 Å². The van der Waals surface area contributed by atoms with Crippen LogP contribution in [0.4, 0.5) is 0 Å². The Kier molecular flexibility index (Phi) is 21.3. The highest BCUT2D eigenvalue weighted by molar-refractivity contribution is 5.83. The molecule has 1 aliphatic rings. The number of ether oxygens (including phenoxy) is 5. The maximum Gasteiger partial charge on any atom is 0.326 e. The summed E-state index contributed by atoms with van der Waals surface area (Å²) in [6.45, 7) is 28.1. The molecule has 0 spiro atoms. The SMILES string of the molecule is CCCC(C)(C)OC(=O)CN1CCN(CC(=O)OC(C)(C)C)CCN(CC(=O)OC(C)(C)C)CCN(CC(=O)N(CCOCC)CC(=O)OC(C)(C)C)CC1. The molecule has 15 nitrogen and oxygen atoms in total. The molecular weight excluding hydrogens is 710 g/mol. The molecule has 0 aromatic rings. The number of hydrogen-bond acceptors (Lipinski definition) is 14. The number of esters is 4. The van der Waals surface area contributed by atoms with Crippen molar-refractivity contribution in [3.8, 4) is 0 Å². The molecule has 0 saturated carbocycles. The number of carbonyl (C=O) groups is 5. The van der Waals surface area contributed by atoms with Gasteiger partial charge in [-0.05, 0) is 89.5 Å². The predicted molar refractivity (Wildman–Crippen MR) is 211 cm³/mol. The lowest BCUT2D eigenvalue weighted by atomic mass is 10.0. The highest BCUT2D eigenvalue weighted by Crippen LogP contribution is 2.17. The van der Waals surface area contributed by atoms with Gasteiger partial charge in [-0.1, -0.05) is 13.3 Å². The highest BCUT2D eigenvalue weighted by atomic mass is 16.6. The maximum absolute atomic E-state index is 13.9. The van der Waals surface area contributed by atoms with E-state index in [-0.39, 0.29) is 69.7 Å². The van der Waals surface area contributed by atoms with E-state index in [1.165, 1.54) is 4.90 Å². The number of hydrogen-bond donors (Lipinski definition) is 0. The molecule has 55 heavy (non-hydrogen) atoms. The van der Waals surface area contributed by atoms with Crippen molar-refractivity contribution in [1.82, 2.24) is 24.5 Å². The topological polar surface area (TPSA) is 148 Å². The fourth-order valence-electron chi connectivity index (χ4n) is 5.93. The standard InChI is InChI=1S/C40H75N5O10/c1-14-16-40(12,13)55-35(49)30-44-20-18-41(27-32(46)45(25-26-51-15-2)31-36(50)54-39(9,10)11)17-19-42(28-33(47)52-37(3,4)5)21-22-43(23-24-44)29-34(48)53-38(6,7)8/h14-31H2,1-13H3. The number of rotatable bonds is 17. The van der Waals surface area contributed by atoms with Crippen molar-refractivity contribution in [1.29, 1.82) is 0 Å². The first kappa shape index (κ1) is 50.2. The molecule has 0 atom stereocenters. The average Bonchev–Trinajstić information content (AvgIpc) is 2.98. The molecule has 15 heteroatoms. The minimum Gasteiger partial charge on any atom is -0.459 e. The molecular formula is C40H75N5O10. The molecule has 1 heterocycles. The van der Waals surface area contributed by atoms with Gasteiger partial charge in [0.25, 0.3) is 0 Å². The van der Waals surface area contributed by atoms with Crippen LogP contribution >= 0.6 is 0 Å². The van der Waals surface area contributed by atoms with E-state index in [2.05, 4.69) is 0 Å². The third-order valence-electron chi connectivity index (χ3n) is 8.23. The summed E-state index contributed by atoms with van der Waals surface area (Å²) in [7, 11) is 0. The van der Waals surface area contributed by atoms with Gasteiger partial charge >= 0.3 is 23.9 Å². The summed E-state index contributed by atoms with van der Waals surface area (Å²) in [5.41, 5.74) is -2.64. The molecule has 0 aromatic carbocycles. The Hall–Kier alpha value is -2.85. The Morgan fingerprint density at radius 2 is 0.855 bits per heavy atom. The van der Waals surface area contributed by atoms with Crippen molar-refractivity contribution in [2.75, 3.05) is 105 Å². The largest absolute Gasteiger partial charge is 0.459 e. The Balaban J connectivity index is 3.44. The number of carbonyl (C=O) groups excluding carboxylic acids is 5. The molecule has 1 amide bonds. The van der Waals surface area contributed by atoms with Crippen molar-refractivity contribution in [2.24, 2.45) is 0 Å². The third kappa shape index (κ3) is 25.1. The van der Waals surface area contributed by atoms with Crippen LogP contribution in [0.3, 0.4) is 0 Å². The Morgan fingerprint density at radius 1 is 0.509 bits per heavy atom. The number of amides is 1. The van der Waals surface area contributed by atoms with Gasteiger partial charge in [-0.3, -0.25) is 43.6 Å². The summed E-state index contributed by atoms with van der Waals surface area (Å²) in [6, 6.07) is 0. The van der Waals surface area contributed by atoms with E-state index in [1.807, 2.05) is 88.8 Å². The van der Waals surface area contributed by atoms with E-state index in [0.29, 0.717) is 59.0 Å². The van der Waals surface area contributed by atoms with E-state index in [9.17, 15) is 24.0 Å². The van der Waals surface area contributed by atoms with Crippen LogP contribution in [0.2, 0.25) is 0 Å². The van der Waals surface area contributed by atoms with E-state index < -0.39 is 28.4 Å². The van der Waals surface area contributed by atoms with E-state index in [0.717, 1.165) is 12.8 Å². The van der Waals surface area contributed by atoms with E-state index >= 15 is 0 Å². The molecule has 0 bridgehead atoms. The summed E-state index contributed by atoms with van der Waals surface area (Å²) >= 11 is 0. The molecule has 0 aromatic heterocycles. The molecule has 0 radical (unpaired) electrons. The molecule has 320 valence electrons. The second kappa shape index (κ2) is 23.4. The van der Waals surface area contributed by atoms with Gasteiger partial charge in [-0.2, -0.15) is 0 Å². The zero-order valence-electron chi connectivity index (χ0n) is 36.5. The monoisotopic (exact) mass is 786 g/mol. The van der Waals surface area contributed by atoms with Crippen LogP contribution in [0, 0.1) is 0 Å². The fraction of sp³-hybridized carbons (Fsp3) is 0.875. The lowest BCUT2D eigenvalue weighted by Gasteiger charge is -2.35. The van der Waals surface area contributed by atoms with Crippen molar-refractivity contribution in [3.05, 3.63) is 0 Å². The van der Waals surface area contributed by atoms with Gasteiger partial charge in [0.15, 0.2) is 0 Å². The predicted octanol–water partition coefficient (Wildman–Crippen LogP) is 3.22. The van der Waals surface area contributed by atoms with Crippen LogP contribution < -0.4 is 0 Å². The fourth-order valence-corrected chi connectivity index (χ4v) is 5.93. The lowest BCUT2D eigenvalue weighted by Crippen LogP contribution is -2.51. The zero-order valence-corrected chi connectivity index (χ0v) is 36.5. The minimum absolute atomic E-state index is 0.0121. The van der Waals surface area contributed by atoms with Gasteiger partial charge in [0, 0.05) is 65.5 Å². The van der Waals surface area contributed by atoms with Gasteiger partial charge in [0.1, 0.15) is 28.9 Å². The second-order valence-electron chi connectivity index (χ2n) is 17.9. The van der Waals surface area contributed by atoms with Crippen LogP contribution in [0.15, 0.2) is 0 Å². The molecule has 0 unspecified atom stereocenters. The second-order valence-corrected chi connectivity index (χ2v) is 17.9. The van der Waals surface area contributed by atoms with E-state index in [1.54, 1.807) is 20.8 Å². The van der Waals surface area contributed by atoms with Crippen LogP contribution in [0.25, 0.3) is 0 Å². The van der Waals surface area contributed by atoms with E-state index in [4.69, 9.17) is 23.7 Å². The first-order valence-electron chi connectivity index (χ1n) is 19.9. The average molecular weight is 786 g/mol. The highest BCUT2D eigenvalue weighted by Gasteiger charge is 2.28. The van der Waals surface area contributed by atoms with Crippen LogP contribution in [0.5, 0.6) is 0 Å². The normalized spacial score (nSPS) is 16.7. The Morgan fingerprint density at radius 3 is 1.20 bits per heavy atom. The van der Waals surface area contributed by atoms with Crippen molar-refractivity contribution < 1.29 is 47.7 Å². The minimum atomic E-state index is -0.709. The molecule has 1 fully saturated rings. The van der Waals surface area contributed by atoms with Crippen molar-refractivity contribution >= 4 is 29.8 Å². The molecule has 0 aliphatic carbocycles. The van der Waals surface area contributed by atoms with Gasteiger partial charge in [-0.25, -0.2) is 0 Å².